The molecule has 1 aliphatic heterocycles. The zero-order valence-corrected chi connectivity index (χ0v) is 15.8. The third kappa shape index (κ3) is 7.20. The lowest BCUT2D eigenvalue weighted by Gasteiger charge is -2.30. The van der Waals surface area contributed by atoms with Crippen molar-refractivity contribution < 1.29 is 19.1 Å². The molecule has 5 nitrogen and oxygen atoms in total. The lowest BCUT2D eigenvalue weighted by atomic mass is 10.2. The number of methoxy groups -OCH3 is 1. The minimum absolute atomic E-state index is 0.177. The summed E-state index contributed by atoms with van der Waals surface area (Å²) in [5.41, 5.74) is -0.591. The maximum atomic E-state index is 12.1. The van der Waals surface area contributed by atoms with Crippen LogP contribution in [0.1, 0.15) is 47.5 Å². The Labute approximate surface area is 140 Å². The van der Waals surface area contributed by atoms with Crippen LogP contribution in [0.5, 0.6) is 0 Å². The van der Waals surface area contributed by atoms with Gasteiger partial charge in [0.05, 0.1) is 13.2 Å². The van der Waals surface area contributed by atoms with Gasteiger partial charge in [-0.15, -0.1) is 6.58 Å². The van der Waals surface area contributed by atoms with Crippen LogP contribution in [0, 0.1) is 0 Å². The predicted octanol–water partition coefficient (Wildman–Crippen LogP) is 3.69. The number of amides is 1. The summed E-state index contributed by atoms with van der Waals surface area (Å²) >= 11 is 3.53. The van der Waals surface area contributed by atoms with Gasteiger partial charge >= 0.3 is 12.1 Å². The van der Waals surface area contributed by atoms with Crippen molar-refractivity contribution in [1.29, 1.82) is 0 Å². The van der Waals surface area contributed by atoms with Gasteiger partial charge in [-0.25, -0.2) is 9.59 Å². The molecule has 0 saturated carbocycles. The highest BCUT2D eigenvalue weighted by molar-refractivity contribution is 7.79. The van der Waals surface area contributed by atoms with E-state index >= 15 is 0 Å². The van der Waals surface area contributed by atoms with Gasteiger partial charge < -0.3 is 9.47 Å². The fourth-order valence-corrected chi connectivity index (χ4v) is 2.01. The van der Waals surface area contributed by atoms with Gasteiger partial charge in [-0.2, -0.15) is 12.6 Å². The van der Waals surface area contributed by atoms with Crippen molar-refractivity contribution in [3.63, 3.8) is 0 Å². The molecule has 2 unspecified atom stereocenters. The lowest BCUT2D eigenvalue weighted by Crippen LogP contribution is -2.47. The molecule has 0 bridgehead atoms. The zero-order valence-electron chi connectivity index (χ0n) is 14.9. The molecule has 1 rings (SSSR count). The van der Waals surface area contributed by atoms with E-state index in [1.54, 1.807) is 33.1 Å². The van der Waals surface area contributed by atoms with Crippen molar-refractivity contribution in [3.8, 4) is 0 Å². The van der Waals surface area contributed by atoms with Crippen molar-refractivity contribution in [2.75, 3.05) is 13.4 Å². The van der Waals surface area contributed by atoms with Crippen molar-refractivity contribution in [2.24, 2.45) is 0 Å². The number of esters is 1. The van der Waals surface area contributed by atoms with E-state index in [-0.39, 0.29) is 6.04 Å². The Hall–Kier alpha value is -1.17. The summed E-state index contributed by atoms with van der Waals surface area (Å²) in [7, 11) is 1.32. The average molecular weight is 333 g/mol. The average Bonchev–Trinajstić information content (AvgIpc) is 2.93. The first kappa shape index (κ1) is 23.1. The number of carbonyl (C=O) groups is 2. The van der Waals surface area contributed by atoms with Gasteiger partial charge in [-0.3, -0.25) is 4.90 Å². The van der Waals surface area contributed by atoms with E-state index in [0.29, 0.717) is 12.8 Å². The van der Waals surface area contributed by atoms with Crippen LogP contribution in [-0.4, -0.2) is 48.0 Å². The minimum atomic E-state index is -0.591. The molecule has 6 heteroatoms. The maximum Gasteiger partial charge on any atom is 0.411 e. The molecule has 0 aromatic rings. The highest BCUT2D eigenvalue weighted by atomic mass is 32.1. The van der Waals surface area contributed by atoms with Crippen LogP contribution in [0.4, 0.5) is 4.79 Å². The van der Waals surface area contributed by atoms with Gasteiger partial charge in [0.2, 0.25) is 0 Å². The number of rotatable bonds is 2. The Bertz CT molecular complexity index is 353. The van der Waals surface area contributed by atoms with Crippen molar-refractivity contribution >= 4 is 24.7 Å². The number of hydrogen-bond donors (Lipinski definition) is 1. The molecule has 22 heavy (non-hydrogen) atoms. The normalized spacial score (nSPS) is 19.9. The highest BCUT2D eigenvalue weighted by Gasteiger charge is 2.42. The number of likely N-dealkylation sites (tertiary alicyclic amines) is 1. The summed E-state index contributed by atoms with van der Waals surface area (Å²) in [6.07, 6.45) is 4.12. The molecule has 130 valence electrons. The monoisotopic (exact) mass is 333 g/mol. The molecule has 1 heterocycles. The molecule has 0 aromatic carbocycles. The van der Waals surface area contributed by atoms with Gasteiger partial charge in [-0.1, -0.05) is 19.9 Å². The van der Waals surface area contributed by atoms with Crippen LogP contribution >= 0.6 is 12.6 Å². The molecule has 1 fully saturated rings. The Morgan fingerprint density at radius 1 is 1.23 bits per heavy atom. The summed E-state index contributed by atoms with van der Waals surface area (Å²) in [6.45, 7) is 13.1. The lowest BCUT2D eigenvalue weighted by molar-refractivity contribution is -0.146. The van der Waals surface area contributed by atoms with Gasteiger partial charge in [0.15, 0.2) is 0 Å². The van der Waals surface area contributed by atoms with Crippen LogP contribution in [0.2, 0.25) is 0 Å². The van der Waals surface area contributed by atoms with E-state index in [1.165, 1.54) is 12.0 Å². The summed E-state index contributed by atoms with van der Waals surface area (Å²) in [6, 6.07) is -0.753. The van der Waals surface area contributed by atoms with Crippen LogP contribution in [0.3, 0.4) is 0 Å². The second kappa shape index (κ2) is 11.4. The molecule has 0 spiro atoms. The smallest absolute Gasteiger partial charge is 0.411 e. The van der Waals surface area contributed by atoms with E-state index in [2.05, 4.69) is 19.2 Å². The number of thiol groups is 1. The first-order valence-corrected chi connectivity index (χ1v) is 8.36. The van der Waals surface area contributed by atoms with Crippen LogP contribution in [0.15, 0.2) is 12.7 Å². The SMILES string of the molecule is C=CC1CCC(C(=O)OC)N1C(=O)OC(C)(C)C.CC.CS. The van der Waals surface area contributed by atoms with Gasteiger partial charge in [-0.05, 0) is 39.9 Å². The van der Waals surface area contributed by atoms with Crippen molar-refractivity contribution in [2.45, 2.75) is 65.1 Å². The number of carbonyl (C=O) groups excluding carboxylic acids is 2. The summed E-state index contributed by atoms with van der Waals surface area (Å²) in [5, 5.41) is 0. The maximum absolute atomic E-state index is 12.1. The minimum Gasteiger partial charge on any atom is -0.467 e. The largest absolute Gasteiger partial charge is 0.467 e. The second-order valence-corrected chi connectivity index (χ2v) is 5.31. The number of nitrogens with zero attached hydrogens (tertiary/aromatic N) is 1. The highest BCUT2D eigenvalue weighted by Crippen LogP contribution is 2.27. The summed E-state index contributed by atoms with van der Waals surface area (Å²) in [4.78, 5) is 25.2. The Balaban J connectivity index is 0. The molecule has 0 aliphatic carbocycles. The first-order chi connectivity index (χ1) is 10.3. The van der Waals surface area contributed by atoms with Crippen LogP contribution < -0.4 is 0 Å². The fourth-order valence-electron chi connectivity index (χ4n) is 2.01. The molecule has 1 amide bonds. The molecule has 0 N–H and O–H groups in total. The third-order valence-electron chi connectivity index (χ3n) is 2.78. The van der Waals surface area contributed by atoms with Gasteiger partial charge in [0.1, 0.15) is 11.6 Å². The van der Waals surface area contributed by atoms with E-state index in [9.17, 15) is 9.59 Å². The summed E-state index contributed by atoms with van der Waals surface area (Å²) < 4.78 is 10.0. The molecule has 1 saturated heterocycles. The van der Waals surface area contributed by atoms with Crippen LogP contribution in [0.25, 0.3) is 0 Å². The first-order valence-electron chi connectivity index (χ1n) is 7.46. The topological polar surface area (TPSA) is 55.8 Å². The molecular weight excluding hydrogens is 302 g/mol. The van der Waals surface area contributed by atoms with Gasteiger partial charge in [0, 0.05) is 0 Å². The second-order valence-electron chi connectivity index (χ2n) is 5.31. The molecule has 1 aliphatic rings. The van der Waals surface area contributed by atoms with Crippen molar-refractivity contribution in [1.82, 2.24) is 4.90 Å². The van der Waals surface area contributed by atoms with Crippen LogP contribution in [-0.2, 0) is 14.3 Å². The Morgan fingerprint density at radius 3 is 2.09 bits per heavy atom. The van der Waals surface area contributed by atoms with Crippen molar-refractivity contribution in [3.05, 3.63) is 12.7 Å². The van der Waals surface area contributed by atoms with E-state index in [4.69, 9.17) is 9.47 Å². The molecule has 2 atom stereocenters. The predicted molar refractivity (Wildman–Crippen MR) is 93.4 cm³/mol. The molecular formula is C16H31NO4S. The Kier molecular flexibility index (Phi) is 12.0. The van der Waals surface area contributed by atoms with E-state index < -0.39 is 23.7 Å². The van der Waals surface area contributed by atoms with E-state index in [1.807, 2.05) is 13.8 Å². The molecule has 0 aromatic heterocycles. The number of hydrogen-bond acceptors (Lipinski definition) is 5. The van der Waals surface area contributed by atoms with Gasteiger partial charge in [0.25, 0.3) is 0 Å². The fraction of sp³-hybridized carbons (Fsp3) is 0.750. The quantitative estimate of drug-likeness (QED) is 0.476. The molecule has 0 radical (unpaired) electrons. The third-order valence-corrected chi connectivity index (χ3v) is 2.78. The standard InChI is InChI=1S/C13H21NO4.C2H6.CH4S/c1-6-9-7-8-10(11(15)17-5)14(9)12(16)18-13(2,3)4;2*1-2/h6,9-10H,1,7-8H2,2-5H3;1-2H3;2H,1H3. The Morgan fingerprint density at radius 2 is 1.73 bits per heavy atom. The number of ether oxygens (including phenoxy) is 2. The zero-order chi connectivity index (χ0) is 17.9. The summed E-state index contributed by atoms with van der Waals surface area (Å²) in [5.74, 6) is -0.412. The van der Waals surface area contributed by atoms with E-state index in [0.717, 1.165) is 0 Å².